The smallest absolute Gasteiger partial charge is 0.250 e. The summed E-state index contributed by atoms with van der Waals surface area (Å²) >= 11 is 1.22. The lowest BCUT2D eigenvalue weighted by Gasteiger charge is -2.34. The first-order valence-corrected chi connectivity index (χ1v) is 11.0. The van der Waals surface area contributed by atoms with E-state index in [0.29, 0.717) is 46.2 Å². The second-order valence-corrected chi connectivity index (χ2v) is 8.73. The number of fused-ring (bicyclic) bond motifs is 1. The monoisotopic (exact) mass is 463 g/mol. The van der Waals surface area contributed by atoms with Gasteiger partial charge in [0.15, 0.2) is 5.13 Å². The zero-order valence-electron chi connectivity index (χ0n) is 17.5. The van der Waals surface area contributed by atoms with E-state index in [9.17, 15) is 9.18 Å². The van der Waals surface area contributed by atoms with Crippen molar-refractivity contribution in [3.63, 3.8) is 0 Å². The maximum absolute atomic E-state index is 13.2. The Morgan fingerprint density at radius 3 is 2.91 bits per heavy atom. The minimum atomic E-state index is -0.911. The van der Waals surface area contributed by atoms with Gasteiger partial charge in [0, 0.05) is 12.7 Å². The zero-order chi connectivity index (χ0) is 23.0. The average Bonchev–Trinajstić information content (AvgIpc) is 3.55. The fraction of sp³-hybridized carbons (Fsp3) is 0.238. The number of nitrogens with one attached hydrogen (secondary N) is 2. The molecule has 5 heterocycles. The number of nitrogens with zero attached hydrogens (tertiary/aromatic N) is 7. The third kappa shape index (κ3) is 3.83. The van der Waals surface area contributed by atoms with E-state index in [2.05, 4.69) is 31.7 Å². The van der Waals surface area contributed by atoms with Gasteiger partial charge < -0.3 is 15.5 Å². The number of thiazole rings is 1. The lowest BCUT2D eigenvalue weighted by molar-refractivity contribution is -0.120. The Balaban J connectivity index is 1.47. The minimum Gasteiger partial charge on any atom is -0.326 e. The van der Waals surface area contributed by atoms with Crippen LogP contribution in [0.4, 0.5) is 27.1 Å². The van der Waals surface area contributed by atoms with Gasteiger partial charge in [0.2, 0.25) is 23.8 Å². The van der Waals surface area contributed by atoms with Gasteiger partial charge >= 0.3 is 0 Å². The molecule has 0 aromatic carbocycles. The molecule has 1 amide bonds. The molecule has 33 heavy (non-hydrogen) atoms. The van der Waals surface area contributed by atoms with Crippen molar-refractivity contribution in [1.82, 2.24) is 24.3 Å². The molecule has 1 fully saturated rings. The highest BCUT2D eigenvalue weighted by molar-refractivity contribution is 7.16. The number of carbonyl (C=O) groups excluding carboxylic acids is 1. The van der Waals surface area contributed by atoms with Crippen molar-refractivity contribution < 1.29 is 9.18 Å². The standard InChI is InChI=1S/C21H18FN9OS/c1-21(17(32)26-13-5-6-15(22)24-11-13)7-3-9-31(21)19-27-16-4-2-8-30(16)18(28-19)29-20-25-12-14(10-23)33-20/h2,4-6,8,11-12H,3,7,9H2,1H3,(H,26,32)(H,25,27,28,29)/t21-/m0/s1. The van der Waals surface area contributed by atoms with Gasteiger partial charge in [-0.15, -0.1) is 0 Å². The molecule has 166 valence electrons. The lowest BCUT2D eigenvalue weighted by atomic mass is 9.97. The lowest BCUT2D eigenvalue weighted by Crippen LogP contribution is -2.51. The van der Waals surface area contributed by atoms with Crippen LogP contribution in [0.25, 0.3) is 5.65 Å². The summed E-state index contributed by atoms with van der Waals surface area (Å²) in [4.78, 5) is 32.8. The Labute approximate surface area is 191 Å². The summed E-state index contributed by atoms with van der Waals surface area (Å²) in [6.07, 6.45) is 5.97. The summed E-state index contributed by atoms with van der Waals surface area (Å²) in [5.41, 5.74) is 0.153. The summed E-state index contributed by atoms with van der Waals surface area (Å²) < 4.78 is 14.9. The van der Waals surface area contributed by atoms with Gasteiger partial charge in [0.1, 0.15) is 22.1 Å². The highest BCUT2D eigenvalue weighted by atomic mass is 32.1. The Morgan fingerprint density at radius 2 is 2.15 bits per heavy atom. The summed E-state index contributed by atoms with van der Waals surface area (Å²) in [7, 11) is 0. The summed E-state index contributed by atoms with van der Waals surface area (Å²) in [5.74, 6) is 0.00231. The van der Waals surface area contributed by atoms with Crippen LogP contribution in [0.15, 0.2) is 42.9 Å². The summed E-state index contributed by atoms with van der Waals surface area (Å²) in [5, 5.41) is 15.6. The van der Waals surface area contributed by atoms with Gasteiger partial charge in [-0.25, -0.2) is 9.97 Å². The van der Waals surface area contributed by atoms with Crippen LogP contribution in [0, 0.1) is 17.3 Å². The van der Waals surface area contributed by atoms with Crippen LogP contribution in [-0.2, 0) is 4.79 Å². The van der Waals surface area contributed by atoms with Crippen LogP contribution in [0.5, 0.6) is 0 Å². The molecule has 0 radical (unpaired) electrons. The normalized spacial score (nSPS) is 17.8. The van der Waals surface area contributed by atoms with Crippen LogP contribution < -0.4 is 15.5 Å². The number of amides is 1. The van der Waals surface area contributed by atoms with E-state index >= 15 is 0 Å². The number of hydrogen-bond donors (Lipinski definition) is 2. The van der Waals surface area contributed by atoms with Gasteiger partial charge in [-0.1, -0.05) is 11.3 Å². The second kappa shape index (κ2) is 8.10. The molecule has 0 spiro atoms. The number of anilines is 4. The number of carbonyl (C=O) groups is 1. The molecule has 12 heteroatoms. The fourth-order valence-electron chi connectivity index (χ4n) is 3.84. The molecule has 0 saturated carbocycles. The maximum Gasteiger partial charge on any atom is 0.250 e. The molecule has 1 aliphatic heterocycles. The number of nitriles is 1. The summed E-state index contributed by atoms with van der Waals surface area (Å²) in [6.45, 7) is 2.43. The van der Waals surface area contributed by atoms with Gasteiger partial charge in [-0.3, -0.25) is 9.20 Å². The first kappa shape index (κ1) is 20.8. The first-order chi connectivity index (χ1) is 16.0. The van der Waals surface area contributed by atoms with Gasteiger partial charge in [-0.2, -0.15) is 19.6 Å². The van der Waals surface area contributed by atoms with Crippen LogP contribution in [0.3, 0.4) is 0 Å². The van der Waals surface area contributed by atoms with Crippen LogP contribution in [-0.4, -0.2) is 42.3 Å². The molecular formula is C21H18FN9OS. The first-order valence-electron chi connectivity index (χ1n) is 10.1. The Hall–Kier alpha value is -4.11. The number of rotatable bonds is 5. The molecule has 0 unspecified atom stereocenters. The Bertz CT molecular complexity index is 1380. The topological polar surface area (TPSA) is 124 Å². The van der Waals surface area contributed by atoms with Gasteiger partial charge in [-0.05, 0) is 44.0 Å². The van der Waals surface area contributed by atoms with Crippen molar-refractivity contribution in [2.75, 3.05) is 22.1 Å². The molecule has 10 nitrogen and oxygen atoms in total. The maximum atomic E-state index is 13.2. The van der Waals surface area contributed by atoms with E-state index in [0.717, 1.165) is 6.42 Å². The molecule has 5 rings (SSSR count). The van der Waals surface area contributed by atoms with Crippen molar-refractivity contribution in [2.24, 2.45) is 0 Å². The number of pyridine rings is 1. The van der Waals surface area contributed by atoms with Crippen LogP contribution >= 0.6 is 11.3 Å². The predicted molar refractivity (Wildman–Crippen MR) is 121 cm³/mol. The second-order valence-electron chi connectivity index (χ2n) is 7.70. The molecule has 1 atom stereocenters. The third-order valence-corrected chi connectivity index (χ3v) is 6.38. The van der Waals surface area contributed by atoms with Crippen molar-refractivity contribution >= 4 is 45.6 Å². The molecular weight excluding hydrogens is 445 g/mol. The van der Waals surface area contributed by atoms with Gasteiger partial charge in [0.25, 0.3) is 0 Å². The van der Waals surface area contributed by atoms with Crippen LogP contribution in [0.2, 0.25) is 0 Å². The predicted octanol–water partition coefficient (Wildman–Crippen LogP) is 3.33. The highest BCUT2D eigenvalue weighted by Crippen LogP contribution is 2.34. The van der Waals surface area contributed by atoms with Crippen LogP contribution in [0.1, 0.15) is 24.6 Å². The molecule has 0 bridgehead atoms. The van der Waals surface area contributed by atoms with E-state index in [1.54, 1.807) is 4.40 Å². The number of halogens is 1. The molecule has 2 N–H and O–H groups in total. The molecule has 4 aromatic heterocycles. The number of hydrogen-bond acceptors (Lipinski definition) is 9. The molecule has 1 saturated heterocycles. The van der Waals surface area contributed by atoms with E-state index in [4.69, 9.17) is 10.2 Å². The summed E-state index contributed by atoms with van der Waals surface area (Å²) in [6, 6.07) is 8.42. The Morgan fingerprint density at radius 1 is 1.27 bits per heavy atom. The SMILES string of the molecule is C[C@@]1(C(=O)Nc2ccc(F)nc2)CCCN1c1nc(Nc2ncc(C#N)s2)n2cccc2n1. The highest BCUT2D eigenvalue weighted by Gasteiger charge is 2.45. The van der Waals surface area contributed by atoms with Crippen molar-refractivity contribution in [2.45, 2.75) is 25.3 Å². The van der Waals surface area contributed by atoms with Crippen molar-refractivity contribution in [3.8, 4) is 6.07 Å². The van der Waals surface area contributed by atoms with E-state index in [1.807, 2.05) is 30.2 Å². The van der Waals surface area contributed by atoms with Gasteiger partial charge in [0.05, 0.1) is 18.1 Å². The molecule has 4 aromatic rings. The average molecular weight is 464 g/mol. The largest absolute Gasteiger partial charge is 0.326 e. The number of aromatic nitrogens is 5. The fourth-order valence-corrected chi connectivity index (χ4v) is 4.45. The quantitative estimate of drug-likeness (QED) is 0.432. The van der Waals surface area contributed by atoms with E-state index in [1.165, 1.54) is 35.9 Å². The minimum absolute atomic E-state index is 0.250. The molecule has 1 aliphatic rings. The Kier molecular flexibility index (Phi) is 5.10. The van der Waals surface area contributed by atoms with Crippen molar-refractivity contribution in [3.05, 3.63) is 53.7 Å². The molecule has 0 aliphatic carbocycles. The third-order valence-electron chi connectivity index (χ3n) is 5.57. The van der Waals surface area contributed by atoms with E-state index < -0.39 is 11.5 Å². The van der Waals surface area contributed by atoms with E-state index in [-0.39, 0.29) is 5.91 Å². The van der Waals surface area contributed by atoms with Crippen molar-refractivity contribution in [1.29, 1.82) is 5.26 Å². The zero-order valence-corrected chi connectivity index (χ0v) is 18.3.